The number of rotatable bonds is 3. The van der Waals surface area contributed by atoms with Crippen LogP contribution in [0.15, 0.2) is 11.4 Å². The fourth-order valence-electron chi connectivity index (χ4n) is 1.54. The highest BCUT2D eigenvalue weighted by Crippen LogP contribution is 2.28. The molecule has 0 aliphatic rings. The average molecular weight is 250 g/mol. The molecule has 0 fully saturated rings. The van der Waals surface area contributed by atoms with E-state index in [1.165, 1.54) is 0 Å². The second-order valence-corrected chi connectivity index (χ2v) is 5.84. The number of aromatic nitrogens is 2. The van der Waals surface area contributed by atoms with Gasteiger partial charge in [0.05, 0.1) is 5.39 Å². The van der Waals surface area contributed by atoms with E-state index in [0.717, 1.165) is 22.6 Å². The summed E-state index contributed by atoms with van der Waals surface area (Å²) < 4.78 is 0. The first kappa shape index (κ1) is 12.1. The summed E-state index contributed by atoms with van der Waals surface area (Å²) in [4.78, 5) is 10.0. The van der Waals surface area contributed by atoms with Gasteiger partial charge >= 0.3 is 0 Å². The summed E-state index contributed by atoms with van der Waals surface area (Å²) in [6, 6.07) is 2.06. The standard InChI is InChI=1S/C12H18N4S/c1-5-13-11-14-9(16-12(2,3)4)8-6-7-17-10(8)15-11/h6-7H,5H2,1-4H3,(H2,13,14,15,16). The Morgan fingerprint density at radius 3 is 2.71 bits per heavy atom. The molecule has 2 rings (SSSR count). The van der Waals surface area contributed by atoms with Crippen molar-refractivity contribution in [1.82, 2.24) is 9.97 Å². The van der Waals surface area contributed by atoms with Crippen molar-refractivity contribution in [3.8, 4) is 0 Å². The van der Waals surface area contributed by atoms with Gasteiger partial charge in [-0.05, 0) is 39.1 Å². The molecular weight excluding hydrogens is 232 g/mol. The predicted molar refractivity (Wildman–Crippen MR) is 75.0 cm³/mol. The Kier molecular flexibility index (Phi) is 3.19. The number of thiophene rings is 1. The Morgan fingerprint density at radius 2 is 2.06 bits per heavy atom. The van der Waals surface area contributed by atoms with Crippen LogP contribution in [0.2, 0.25) is 0 Å². The van der Waals surface area contributed by atoms with Gasteiger partial charge in [0.2, 0.25) is 5.95 Å². The van der Waals surface area contributed by atoms with Crippen molar-refractivity contribution in [2.75, 3.05) is 17.2 Å². The number of anilines is 2. The minimum atomic E-state index is -0.00724. The molecule has 0 aliphatic carbocycles. The summed E-state index contributed by atoms with van der Waals surface area (Å²) in [5.41, 5.74) is -0.00724. The lowest BCUT2D eigenvalue weighted by Gasteiger charge is -2.22. The van der Waals surface area contributed by atoms with Gasteiger partial charge in [-0.15, -0.1) is 11.3 Å². The molecule has 0 atom stereocenters. The van der Waals surface area contributed by atoms with Crippen LogP contribution < -0.4 is 10.6 Å². The van der Waals surface area contributed by atoms with Gasteiger partial charge in [0, 0.05) is 12.1 Å². The maximum Gasteiger partial charge on any atom is 0.226 e. The zero-order valence-electron chi connectivity index (χ0n) is 10.7. The van der Waals surface area contributed by atoms with Crippen LogP contribution >= 0.6 is 11.3 Å². The number of hydrogen-bond acceptors (Lipinski definition) is 5. The zero-order valence-corrected chi connectivity index (χ0v) is 11.5. The number of nitrogens with zero attached hydrogens (tertiary/aromatic N) is 2. The maximum absolute atomic E-state index is 4.52. The van der Waals surface area contributed by atoms with Crippen LogP contribution in [-0.4, -0.2) is 22.1 Å². The van der Waals surface area contributed by atoms with Crippen molar-refractivity contribution in [3.05, 3.63) is 11.4 Å². The third-order valence-corrected chi connectivity index (χ3v) is 2.96. The summed E-state index contributed by atoms with van der Waals surface area (Å²) in [6.07, 6.45) is 0. The first-order chi connectivity index (χ1) is 7.99. The lowest BCUT2D eigenvalue weighted by atomic mass is 10.1. The van der Waals surface area contributed by atoms with Gasteiger partial charge < -0.3 is 10.6 Å². The van der Waals surface area contributed by atoms with E-state index in [-0.39, 0.29) is 5.54 Å². The minimum absolute atomic E-state index is 0.00724. The van der Waals surface area contributed by atoms with Crippen molar-refractivity contribution in [2.24, 2.45) is 0 Å². The van der Waals surface area contributed by atoms with E-state index in [9.17, 15) is 0 Å². The molecule has 17 heavy (non-hydrogen) atoms. The largest absolute Gasteiger partial charge is 0.365 e. The van der Waals surface area contributed by atoms with E-state index >= 15 is 0 Å². The first-order valence-corrected chi connectivity index (χ1v) is 6.65. The highest BCUT2D eigenvalue weighted by molar-refractivity contribution is 7.16. The van der Waals surface area contributed by atoms with Gasteiger partial charge in [0.15, 0.2) is 0 Å². The third-order valence-electron chi connectivity index (χ3n) is 2.15. The second-order valence-electron chi connectivity index (χ2n) is 4.94. The third kappa shape index (κ3) is 2.85. The Morgan fingerprint density at radius 1 is 1.29 bits per heavy atom. The van der Waals surface area contributed by atoms with Gasteiger partial charge in [-0.1, -0.05) is 0 Å². The van der Waals surface area contributed by atoms with Crippen molar-refractivity contribution >= 4 is 33.3 Å². The van der Waals surface area contributed by atoms with E-state index in [2.05, 4.69) is 47.4 Å². The van der Waals surface area contributed by atoms with Crippen LogP contribution in [-0.2, 0) is 0 Å². The van der Waals surface area contributed by atoms with Crippen LogP contribution in [0.1, 0.15) is 27.7 Å². The molecule has 0 saturated carbocycles. The van der Waals surface area contributed by atoms with E-state index < -0.39 is 0 Å². The fraction of sp³-hybridized carbons (Fsp3) is 0.500. The van der Waals surface area contributed by atoms with Crippen LogP contribution in [0.5, 0.6) is 0 Å². The van der Waals surface area contributed by atoms with Crippen molar-refractivity contribution in [2.45, 2.75) is 33.2 Å². The quantitative estimate of drug-likeness (QED) is 0.877. The lowest BCUT2D eigenvalue weighted by molar-refractivity contribution is 0.631. The van der Waals surface area contributed by atoms with E-state index in [1.807, 2.05) is 12.3 Å². The predicted octanol–water partition coefficient (Wildman–Crippen LogP) is 3.33. The Labute approximate surface area is 105 Å². The van der Waals surface area contributed by atoms with Crippen LogP contribution in [0.25, 0.3) is 10.2 Å². The second kappa shape index (κ2) is 4.49. The molecule has 0 bridgehead atoms. The monoisotopic (exact) mass is 250 g/mol. The summed E-state index contributed by atoms with van der Waals surface area (Å²) in [7, 11) is 0. The fourth-order valence-corrected chi connectivity index (χ4v) is 2.31. The highest BCUT2D eigenvalue weighted by atomic mass is 32.1. The summed E-state index contributed by atoms with van der Waals surface area (Å²) in [5, 5.41) is 9.72. The molecule has 2 heterocycles. The van der Waals surface area contributed by atoms with Crippen LogP contribution in [0.4, 0.5) is 11.8 Å². The lowest BCUT2D eigenvalue weighted by Crippen LogP contribution is -2.27. The van der Waals surface area contributed by atoms with Crippen LogP contribution in [0, 0.1) is 0 Å². The molecule has 0 radical (unpaired) electrons. The molecule has 0 aliphatic heterocycles. The van der Waals surface area contributed by atoms with Crippen molar-refractivity contribution in [1.29, 1.82) is 0 Å². The molecule has 0 unspecified atom stereocenters. The molecule has 0 aromatic carbocycles. The minimum Gasteiger partial charge on any atom is -0.365 e. The molecule has 2 N–H and O–H groups in total. The smallest absolute Gasteiger partial charge is 0.226 e. The Balaban J connectivity index is 2.47. The van der Waals surface area contributed by atoms with Gasteiger partial charge in [-0.2, -0.15) is 4.98 Å². The van der Waals surface area contributed by atoms with Crippen molar-refractivity contribution in [3.63, 3.8) is 0 Å². The number of fused-ring (bicyclic) bond motifs is 1. The molecule has 0 saturated heterocycles. The molecule has 4 nitrogen and oxygen atoms in total. The SMILES string of the molecule is CCNc1nc(NC(C)(C)C)c2ccsc2n1. The zero-order chi connectivity index (χ0) is 12.5. The van der Waals surface area contributed by atoms with Gasteiger partial charge in [-0.3, -0.25) is 0 Å². The number of hydrogen-bond donors (Lipinski definition) is 2. The molecule has 5 heteroatoms. The van der Waals surface area contributed by atoms with Crippen molar-refractivity contribution < 1.29 is 0 Å². The summed E-state index contributed by atoms with van der Waals surface area (Å²) in [6.45, 7) is 9.24. The molecule has 2 aromatic heterocycles. The molecule has 92 valence electrons. The van der Waals surface area contributed by atoms with Crippen LogP contribution in [0.3, 0.4) is 0 Å². The Bertz CT molecular complexity index is 513. The molecule has 0 spiro atoms. The first-order valence-electron chi connectivity index (χ1n) is 5.77. The van der Waals surface area contributed by atoms with Gasteiger partial charge in [-0.25, -0.2) is 4.98 Å². The topological polar surface area (TPSA) is 49.8 Å². The molecule has 0 amide bonds. The highest BCUT2D eigenvalue weighted by Gasteiger charge is 2.14. The Hall–Kier alpha value is -1.36. The average Bonchev–Trinajstić information content (AvgIpc) is 2.63. The summed E-state index contributed by atoms with van der Waals surface area (Å²) >= 11 is 1.64. The van der Waals surface area contributed by atoms with Gasteiger partial charge in [0.1, 0.15) is 10.6 Å². The molecular formula is C12H18N4S. The summed E-state index contributed by atoms with van der Waals surface area (Å²) in [5.74, 6) is 1.59. The maximum atomic E-state index is 4.52. The van der Waals surface area contributed by atoms with E-state index in [0.29, 0.717) is 5.95 Å². The normalized spacial score (nSPS) is 11.8. The number of nitrogens with one attached hydrogen (secondary N) is 2. The van der Waals surface area contributed by atoms with Gasteiger partial charge in [0.25, 0.3) is 0 Å². The van der Waals surface area contributed by atoms with E-state index in [1.54, 1.807) is 11.3 Å². The molecule has 2 aromatic rings. The van der Waals surface area contributed by atoms with E-state index in [4.69, 9.17) is 0 Å².